The molecule has 23 heavy (non-hydrogen) atoms. The Balaban J connectivity index is 1.77. The van der Waals surface area contributed by atoms with Gasteiger partial charge < -0.3 is 15.0 Å². The summed E-state index contributed by atoms with van der Waals surface area (Å²) < 4.78 is 12.0. The lowest BCUT2D eigenvalue weighted by molar-refractivity contribution is -0.122. The van der Waals surface area contributed by atoms with E-state index in [1.54, 1.807) is 12.4 Å². The number of carbonyl (C=O) groups is 1. The van der Waals surface area contributed by atoms with E-state index in [2.05, 4.69) is 9.97 Å². The Morgan fingerprint density at radius 3 is 2.26 bits per heavy atom. The number of rotatable bonds is 3. The molecule has 1 saturated carbocycles. The van der Waals surface area contributed by atoms with Gasteiger partial charge in [-0.15, -0.1) is 0 Å². The molecule has 1 unspecified atom stereocenters. The fraction of sp³-hybridized carbons (Fsp3) is 0.688. The summed E-state index contributed by atoms with van der Waals surface area (Å²) in [7, 11) is -0.468. The standard InChI is InChI=1S/C16H24BN3O3/c1-15(2)16(3,4)23-17(22-15)10-8-19-14(20-9-10)12-7-5-6-11(12)13(18)21/h8-9,11-12H,5-7H2,1-4H3,(H2,18,21)/t11-,12?/m0/s1. The molecule has 7 heteroatoms. The summed E-state index contributed by atoms with van der Waals surface area (Å²) in [5, 5.41) is 0. The molecular formula is C16H24BN3O3. The van der Waals surface area contributed by atoms with E-state index in [0.717, 1.165) is 24.7 Å². The minimum absolute atomic E-state index is 0.0276. The van der Waals surface area contributed by atoms with Crippen molar-refractivity contribution >= 4 is 18.5 Å². The first-order valence-electron chi connectivity index (χ1n) is 8.18. The molecule has 2 N–H and O–H groups in total. The molecule has 1 aliphatic carbocycles. The molecule has 1 aromatic rings. The minimum Gasteiger partial charge on any atom is -0.399 e. The Kier molecular flexibility index (Phi) is 3.96. The maximum Gasteiger partial charge on any atom is 0.498 e. The summed E-state index contributed by atoms with van der Waals surface area (Å²) in [5.41, 5.74) is 5.49. The number of carbonyl (C=O) groups excluding carboxylic acids is 1. The molecule has 0 spiro atoms. The molecule has 1 aromatic heterocycles. The first kappa shape index (κ1) is 16.4. The van der Waals surface area contributed by atoms with Gasteiger partial charge in [0.15, 0.2) is 0 Å². The van der Waals surface area contributed by atoms with Crippen molar-refractivity contribution < 1.29 is 14.1 Å². The normalized spacial score (nSPS) is 29.0. The summed E-state index contributed by atoms with van der Waals surface area (Å²) >= 11 is 0. The van der Waals surface area contributed by atoms with Crippen LogP contribution in [-0.4, -0.2) is 34.2 Å². The Bertz CT molecular complexity index is 587. The molecule has 6 nitrogen and oxygen atoms in total. The number of nitrogens with two attached hydrogens (primary N) is 1. The van der Waals surface area contributed by atoms with Crippen LogP contribution < -0.4 is 11.2 Å². The van der Waals surface area contributed by atoms with Crippen molar-refractivity contribution in [2.24, 2.45) is 11.7 Å². The number of aromatic nitrogens is 2. The topological polar surface area (TPSA) is 87.3 Å². The van der Waals surface area contributed by atoms with Crippen molar-refractivity contribution in [3.8, 4) is 0 Å². The van der Waals surface area contributed by atoms with Crippen molar-refractivity contribution in [1.29, 1.82) is 0 Å². The number of hydrogen-bond acceptors (Lipinski definition) is 5. The quantitative estimate of drug-likeness (QED) is 0.845. The molecule has 2 fully saturated rings. The first-order valence-corrected chi connectivity index (χ1v) is 8.18. The van der Waals surface area contributed by atoms with Crippen LogP contribution in [0, 0.1) is 5.92 Å². The van der Waals surface area contributed by atoms with E-state index in [-0.39, 0.29) is 17.7 Å². The number of hydrogen-bond donors (Lipinski definition) is 1. The highest BCUT2D eigenvalue weighted by Gasteiger charge is 2.52. The average molecular weight is 317 g/mol. The molecule has 124 valence electrons. The van der Waals surface area contributed by atoms with Crippen molar-refractivity contribution in [3.63, 3.8) is 0 Å². The van der Waals surface area contributed by atoms with Crippen LogP contribution in [-0.2, 0) is 14.1 Å². The van der Waals surface area contributed by atoms with Gasteiger partial charge >= 0.3 is 7.12 Å². The average Bonchev–Trinajstić information content (AvgIpc) is 3.02. The van der Waals surface area contributed by atoms with Gasteiger partial charge in [0.1, 0.15) is 5.82 Å². The van der Waals surface area contributed by atoms with Gasteiger partial charge in [-0.05, 0) is 40.5 Å². The number of primary amides is 1. The van der Waals surface area contributed by atoms with Crippen molar-refractivity contribution in [2.45, 2.75) is 64.1 Å². The molecule has 1 amide bonds. The fourth-order valence-electron chi connectivity index (χ4n) is 3.25. The lowest BCUT2D eigenvalue weighted by Gasteiger charge is -2.32. The Labute approximate surface area is 137 Å². The number of amides is 1. The molecule has 0 radical (unpaired) electrons. The number of nitrogens with zero attached hydrogens (tertiary/aromatic N) is 2. The van der Waals surface area contributed by atoms with E-state index in [9.17, 15) is 4.79 Å². The van der Waals surface area contributed by atoms with Crippen LogP contribution in [0.1, 0.15) is 58.7 Å². The van der Waals surface area contributed by atoms with Gasteiger partial charge in [0.2, 0.25) is 5.91 Å². The van der Waals surface area contributed by atoms with Crippen LogP contribution in [0.25, 0.3) is 0 Å². The Morgan fingerprint density at radius 2 is 1.74 bits per heavy atom. The summed E-state index contributed by atoms with van der Waals surface area (Å²) in [5.74, 6) is 0.301. The molecule has 2 aliphatic rings. The van der Waals surface area contributed by atoms with Crippen LogP contribution in [0.5, 0.6) is 0 Å². The fourth-order valence-corrected chi connectivity index (χ4v) is 3.25. The Hall–Kier alpha value is -1.47. The second-order valence-electron chi connectivity index (χ2n) is 7.51. The molecule has 0 aromatic carbocycles. The zero-order chi connectivity index (χ0) is 16.8. The molecule has 2 atom stereocenters. The van der Waals surface area contributed by atoms with E-state index in [1.807, 2.05) is 27.7 Å². The molecule has 2 heterocycles. The lowest BCUT2D eigenvalue weighted by Crippen LogP contribution is -2.41. The largest absolute Gasteiger partial charge is 0.498 e. The highest BCUT2D eigenvalue weighted by atomic mass is 16.7. The summed E-state index contributed by atoms with van der Waals surface area (Å²) in [6, 6.07) is 0. The van der Waals surface area contributed by atoms with Gasteiger partial charge in [-0.1, -0.05) is 6.42 Å². The van der Waals surface area contributed by atoms with Gasteiger partial charge in [-0.2, -0.15) is 0 Å². The molecule has 0 bridgehead atoms. The maximum atomic E-state index is 11.5. The van der Waals surface area contributed by atoms with Crippen LogP contribution in [0.2, 0.25) is 0 Å². The summed E-state index contributed by atoms with van der Waals surface area (Å²) in [4.78, 5) is 20.4. The van der Waals surface area contributed by atoms with Crippen LogP contribution in [0.4, 0.5) is 0 Å². The Morgan fingerprint density at radius 1 is 1.17 bits per heavy atom. The van der Waals surface area contributed by atoms with Crippen LogP contribution in [0.15, 0.2) is 12.4 Å². The van der Waals surface area contributed by atoms with E-state index in [1.165, 1.54) is 0 Å². The van der Waals surface area contributed by atoms with Gasteiger partial charge in [0.05, 0.1) is 11.2 Å². The predicted octanol–water partition coefficient (Wildman–Crippen LogP) is 1.14. The highest BCUT2D eigenvalue weighted by Crippen LogP contribution is 2.38. The van der Waals surface area contributed by atoms with Crippen molar-refractivity contribution in [3.05, 3.63) is 18.2 Å². The zero-order valence-corrected chi connectivity index (χ0v) is 14.2. The lowest BCUT2D eigenvalue weighted by atomic mass is 9.81. The smallest absolute Gasteiger partial charge is 0.399 e. The van der Waals surface area contributed by atoms with E-state index >= 15 is 0 Å². The van der Waals surface area contributed by atoms with E-state index in [4.69, 9.17) is 15.0 Å². The van der Waals surface area contributed by atoms with Crippen molar-refractivity contribution in [1.82, 2.24) is 9.97 Å². The van der Waals surface area contributed by atoms with E-state index < -0.39 is 18.3 Å². The highest BCUT2D eigenvalue weighted by molar-refractivity contribution is 6.61. The van der Waals surface area contributed by atoms with Crippen LogP contribution in [0.3, 0.4) is 0 Å². The summed E-state index contributed by atoms with van der Waals surface area (Å²) in [6.45, 7) is 8.05. The third kappa shape index (κ3) is 2.88. The van der Waals surface area contributed by atoms with Crippen molar-refractivity contribution in [2.75, 3.05) is 0 Å². The van der Waals surface area contributed by atoms with Gasteiger partial charge in [0, 0.05) is 29.7 Å². The maximum absolute atomic E-state index is 11.5. The zero-order valence-electron chi connectivity index (χ0n) is 14.2. The molecule has 1 saturated heterocycles. The predicted molar refractivity (Wildman–Crippen MR) is 87.0 cm³/mol. The third-order valence-corrected chi connectivity index (χ3v) is 5.43. The van der Waals surface area contributed by atoms with Crippen LogP contribution >= 0.6 is 0 Å². The first-order chi connectivity index (χ1) is 10.7. The third-order valence-electron chi connectivity index (χ3n) is 5.43. The molecular weight excluding hydrogens is 293 g/mol. The summed E-state index contributed by atoms with van der Waals surface area (Å²) in [6.07, 6.45) is 6.19. The van der Waals surface area contributed by atoms with Gasteiger partial charge in [-0.3, -0.25) is 4.79 Å². The van der Waals surface area contributed by atoms with Gasteiger partial charge in [0.25, 0.3) is 0 Å². The second-order valence-corrected chi connectivity index (χ2v) is 7.51. The monoisotopic (exact) mass is 317 g/mol. The van der Waals surface area contributed by atoms with Gasteiger partial charge in [-0.25, -0.2) is 9.97 Å². The minimum atomic E-state index is -0.468. The molecule has 3 rings (SSSR count). The SMILES string of the molecule is CC1(C)OB(c2cnc(C3CCC[C@@H]3C(N)=O)nc2)OC1(C)C. The van der Waals surface area contributed by atoms with E-state index in [0.29, 0.717) is 5.82 Å². The second kappa shape index (κ2) is 5.56. The molecule has 1 aliphatic heterocycles.